The summed E-state index contributed by atoms with van der Waals surface area (Å²) in [5.74, 6) is 0.292. The fraction of sp³-hybridized carbons (Fsp3) is 0.400. The molecule has 3 N–H and O–H groups in total. The van der Waals surface area contributed by atoms with Gasteiger partial charge in [0.25, 0.3) is 0 Å². The highest BCUT2D eigenvalue weighted by molar-refractivity contribution is 7.09. The van der Waals surface area contributed by atoms with Crippen LogP contribution in [0.15, 0.2) is 0 Å². The van der Waals surface area contributed by atoms with Crippen molar-refractivity contribution in [1.82, 2.24) is 9.36 Å². The number of nitrogens with two attached hydrogens (primary N) is 1. The maximum atomic E-state index is 10.3. The van der Waals surface area contributed by atoms with Gasteiger partial charge in [-0.2, -0.15) is 4.37 Å². The van der Waals surface area contributed by atoms with Crippen molar-refractivity contribution in [2.24, 2.45) is 5.73 Å². The van der Waals surface area contributed by atoms with Crippen LogP contribution in [0.5, 0.6) is 0 Å². The van der Waals surface area contributed by atoms with Gasteiger partial charge in [0.05, 0.1) is 6.54 Å². The summed E-state index contributed by atoms with van der Waals surface area (Å²) in [6.07, 6.45) is 0. The van der Waals surface area contributed by atoms with Gasteiger partial charge in [-0.05, 0) is 6.92 Å². The highest BCUT2D eigenvalue weighted by Crippen LogP contribution is 2.08. The molecule has 0 saturated heterocycles. The first-order valence-corrected chi connectivity index (χ1v) is 3.78. The Morgan fingerprint density at radius 1 is 1.82 bits per heavy atom. The third-order valence-corrected chi connectivity index (χ3v) is 1.71. The Kier molecular flexibility index (Phi) is 2.37. The van der Waals surface area contributed by atoms with E-state index in [0.29, 0.717) is 11.0 Å². The minimum Gasteiger partial charge on any atom is -0.368 e. The van der Waals surface area contributed by atoms with Crippen LogP contribution in [0.25, 0.3) is 0 Å². The number of hydrogen-bond donors (Lipinski definition) is 2. The van der Waals surface area contributed by atoms with Gasteiger partial charge in [0, 0.05) is 11.5 Å². The molecular formula is C5H8N4OS. The molecule has 1 aromatic heterocycles. The Morgan fingerprint density at radius 3 is 3.00 bits per heavy atom. The predicted octanol–water partition coefficient (Wildman–Crippen LogP) is -0.256. The van der Waals surface area contributed by atoms with E-state index in [9.17, 15) is 4.79 Å². The molecule has 60 valence electrons. The lowest BCUT2D eigenvalue weighted by molar-refractivity contribution is -0.116. The third-order valence-electron chi connectivity index (χ3n) is 0.941. The summed E-state index contributed by atoms with van der Waals surface area (Å²) in [5.41, 5.74) is 4.90. The van der Waals surface area contributed by atoms with Crippen LogP contribution < -0.4 is 11.1 Å². The summed E-state index contributed by atoms with van der Waals surface area (Å²) < 4.78 is 3.91. The molecule has 0 unspecified atom stereocenters. The monoisotopic (exact) mass is 172 g/mol. The number of rotatable bonds is 3. The van der Waals surface area contributed by atoms with Crippen molar-refractivity contribution in [3.8, 4) is 0 Å². The van der Waals surface area contributed by atoms with Crippen LogP contribution in [0, 0.1) is 6.92 Å². The van der Waals surface area contributed by atoms with Crippen LogP contribution in [0.2, 0.25) is 0 Å². The average Bonchev–Trinajstić information content (AvgIpc) is 2.31. The van der Waals surface area contributed by atoms with E-state index in [1.807, 2.05) is 0 Å². The van der Waals surface area contributed by atoms with E-state index < -0.39 is 5.91 Å². The maximum absolute atomic E-state index is 10.3. The second kappa shape index (κ2) is 3.29. The first kappa shape index (κ1) is 7.93. The number of amides is 1. The Hall–Kier alpha value is -1.17. The predicted molar refractivity (Wildman–Crippen MR) is 42.3 cm³/mol. The lowest BCUT2D eigenvalue weighted by atomic mass is 10.6. The summed E-state index contributed by atoms with van der Waals surface area (Å²) in [5, 5.41) is 3.36. The molecule has 0 aromatic carbocycles. The standard InChI is InChI=1S/C5H8N4OS/c1-3-8-5(11-9-3)7-2-4(6)10/h2H2,1H3,(H2,6,10)(H,7,8,9). The summed E-state index contributed by atoms with van der Waals surface area (Å²) in [6, 6.07) is 0. The van der Waals surface area contributed by atoms with Crippen molar-refractivity contribution < 1.29 is 4.79 Å². The molecule has 0 aliphatic carbocycles. The molecule has 6 heteroatoms. The van der Waals surface area contributed by atoms with Crippen LogP contribution in [-0.4, -0.2) is 21.8 Å². The number of hydrogen-bond acceptors (Lipinski definition) is 5. The fourth-order valence-electron chi connectivity index (χ4n) is 0.532. The first-order valence-electron chi connectivity index (χ1n) is 3.01. The molecule has 1 aromatic rings. The Morgan fingerprint density at radius 2 is 2.55 bits per heavy atom. The number of nitrogens with one attached hydrogen (secondary N) is 1. The zero-order valence-corrected chi connectivity index (χ0v) is 6.81. The van der Waals surface area contributed by atoms with E-state index >= 15 is 0 Å². The molecule has 1 heterocycles. The Balaban J connectivity index is 2.45. The Labute approximate surface area is 67.8 Å². The molecule has 0 bridgehead atoms. The smallest absolute Gasteiger partial charge is 0.236 e. The molecule has 1 rings (SSSR count). The van der Waals surface area contributed by atoms with E-state index in [1.54, 1.807) is 6.92 Å². The minimum absolute atomic E-state index is 0.106. The molecule has 0 radical (unpaired) electrons. The van der Waals surface area contributed by atoms with Crippen molar-refractivity contribution in [2.45, 2.75) is 6.92 Å². The molecule has 0 aliphatic heterocycles. The third kappa shape index (κ3) is 2.50. The van der Waals surface area contributed by atoms with Gasteiger partial charge in [0.1, 0.15) is 5.82 Å². The molecule has 11 heavy (non-hydrogen) atoms. The fourth-order valence-corrected chi connectivity index (χ4v) is 1.10. The van der Waals surface area contributed by atoms with Crippen LogP contribution in [0.3, 0.4) is 0 Å². The van der Waals surface area contributed by atoms with E-state index in [2.05, 4.69) is 14.7 Å². The van der Waals surface area contributed by atoms with E-state index in [4.69, 9.17) is 5.73 Å². The molecule has 1 amide bonds. The molecule has 0 atom stereocenters. The quantitative estimate of drug-likeness (QED) is 0.658. The van der Waals surface area contributed by atoms with Crippen molar-refractivity contribution in [3.63, 3.8) is 0 Å². The van der Waals surface area contributed by atoms with Crippen LogP contribution >= 0.6 is 11.5 Å². The van der Waals surface area contributed by atoms with Crippen LogP contribution in [-0.2, 0) is 4.79 Å². The largest absolute Gasteiger partial charge is 0.368 e. The number of aryl methyl sites for hydroxylation is 1. The van der Waals surface area contributed by atoms with Gasteiger partial charge < -0.3 is 11.1 Å². The van der Waals surface area contributed by atoms with Gasteiger partial charge in [0.2, 0.25) is 11.0 Å². The lowest BCUT2D eigenvalue weighted by Crippen LogP contribution is -2.21. The molecule has 0 fully saturated rings. The van der Waals surface area contributed by atoms with Crippen LogP contribution in [0.4, 0.5) is 5.13 Å². The van der Waals surface area contributed by atoms with Crippen LogP contribution in [0.1, 0.15) is 5.82 Å². The summed E-state index contributed by atoms with van der Waals surface area (Å²) >= 11 is 1.21. The van der Waals surface area contributed by atoms with E-state index in [0.717, 1.165) is 0 Å². The number of carbonyl (C=O) groups excluding carboxylic acids is 1. The highest BCUT2D eigenvalue weighted by Gasteiger charge is 1.99. The normalized spacial score (nSPS) is 9.55. The molecular weight excluding hydrogens is 164 g/mol. The van der Waals surface area contributed by atoms with Crippen molar-refractivity contribution in [2.75, 3.05) is 11.9 Å². The maximum Gasteiger partial charge on any atom is 0.236 e. The second-order valence-electron chi connectivity index (χ2n) is 1.97. The van der Waals surface area contributed by atoms with Gasteiger partial charge in [-0.3, -0.25) is 4.79 Å². The van der Waals surface area contributed by atoms with Gasteiger partial charge >= 0.3 is 0 Å². The number of anilines is 1. The zero-order chi connectivity index (χ0) is 8.27. The van der Waals surface area contributed by atoms with Gasteiger partial charge in [-0.1, -0.05) is 0 Å². The van der Waals surface area contributed by atoms with Crippen molar-refractivity contribution >= 4 is 22.6 Å². The molecule has 0 spiro atoms. The first-order chi connectivity index (χ1) is 5.18. The minimum atomic E-state index is -0.405. The second-order valence-corrected chi connectivity index (χ2v) is 2.72. The number of carbonyl (C=O) groups is 1. The number of aromatic nitrogens is 2. The number of primary amides is 1. The van der Waals surface area contributed by atoms with Crippen molar-refractivity contribution in [3.05, 3.63) is 5.82 Å². The summed E-state index contributed by atoms with van der Waals surface area (Å²) in [4.78, 5) is 14.3. The van der Waals surface area contributed by atoms with Gasteiger partial charge in [0.15, 0.2) is 0 Å². The molecule has 5 nitrogen and oxygen atoms in total. The summed E-state index contributed by atoms with van der Waals surface area (Å²) in [6.45, 7) is 1.89. The summed E-state index contributed by atoms with van der Waals surface area (Å²) in [7, 11) is 0. The number of nitrogens with zero attached hydrogens (tertiary/aromatic N) is 2. The van der Waals surface area contributed by atoms with E-state index in [1.165, 1.54) is 11.5 Å². The molecule has 0 saturated carbocycles. The highest BCUT2D eigenvalue weighted by atomic mass is 32.1. The topological polar surface area (TPSA) is 80.9 Å². The SMILES string of the molecule is Cc1nsc(NCC(N)=O)n1. The van der Waals surface area contributed by atoms with E-state index in [-0.39, 0.29) is 6.54 Å². The Bertz CT molecular complexity index is 259. The molecule has 0 aliphatic rings. The zero-order valence-electron chi connectivity index (χ0n) is 6.00. The van der Waals surface area contributed by atoms with Gasteiger partial charge in [-0.15, -0.1) is 0 Å². The lowest BCUT2D eigenvalue weighted by Gasteiger charge is -1.94. The van der Waals surface area contributed by atoms with Crippen molar-refractivity contribution in [1.29, 1.82) is 0 Å². The average molecular weight is 172 g/mol. The van der Waals surface area contributed by atoms with Gasteiger partial charge in [-0.25, -0.2) is 4.98 Å².